The van der Waals surface area contributed by atoms with Crippen LogP contribution >= 0.6 is 0 Å². The number of nitriles is 1. The molecule has 1 aliphatic rings. The highest BCUT2D eigenvalue weighted by atomic mass is 16.2. The lowest BCUT2D eigenvalue weighted by atomic mass is 10.2. The summed E-state index contributed by atoms with van der Waals surface area (Å²) in [6.07, 6.45) is 1.85. The van der Waals surface area contributed by atoms with Gasteiger partial charge in [0.2, 0.25) is 0 Å². The molecule has 2 amide bonds. The van der Waals surface area contributed by atoms with Gasteiger partial charge in [0.15, 0.2) is 0 Å². The summed E-state index contributed by atoms with van der Waals surface area (Å²) in [5, 5.41) is 13.8. The first-order valence-electron chi connectivity index (χ1n) is 5.31. The lowest BCUT2D eigenvalue weighted by Gasteiger charge is -2.06. The van der Waals surface area contributed by atoms with Gasteiger partial charge in [-0.2, -0.15) is 5.26 Å². The van der Waals surface area contributed by atoms with Crippen LogP contribution in [0.2, 0.25) is 0 Å². The number of nitrogens with zero attached hydrogens (tertiary/aromatic N) is 1. The third kappa shape index (κ3) is 2.82. The van der Waals surface area contributed by atoms with E-state index in [0.29, 0.717) is 11.3 Å². The molecule has 0 spiro atoms. The quantitative estimate of drug-likeness (QED) is 0.735. The molecule has 0 radical (unpaired) electrons. The number of benzene rings is 1. The number of hydrogen-bond donors (Lipinski definition) is 2. The summed E-state index contributed by atoms with van der Waals surface area (Å²) in [6.45, 7) is 0. The zero-order chi connectivity index (χ0) is 12.3. The highest BCUT2D eigenvalue weighted by Crippen LogP contribution is 2.18. The van der Waals surface area contributed by atoms with Crippen LogP contribution in [-0.4, -0.2) is 17.9 Å². The molecule has 0 heterocycles. The van der Waals surface area contributed by atoms with Gasteiger partial charge in [0.05, 0.1) is 11.3 Å². The summed E-state index contributed by atoms with van der Waals surface area (Å²) in [4.78, 5) is 22.9. The number of para-hydroxylation sites is 1. The Balaban J connectivity index is 2.02. The monoisotopic (exact) mass is 229 g/mol. The van der Waals surface area contributed by atoms with Crippen molar-refractivity contribution < 1.29 is 9.59 Å². The van der Waals surface area contributed by atoms with Crippen LogP contribution in [-0.2, 0) is 9.59 Å². The first kappa shape index (κ1) is 11.1. The Hall–Kier alpha value is -2.35. The number of nitrogens with one attached hydrogen (secondary N) is 2. The standard InChI is InChI=1S/C12H11N3O2/c13-7-8-3-1-2-4-10(8)15-12(17)11(16)14-9-5-6-9/h1-4,9H,5-6H2,(H,14,16)(H,15,17). The van der Waals surface area contributed by atoms with Crippen LogP contribution in [0, 0.1) is 11.3 Å². The van der Waals surface area contributed by atoms with Gasteiger partial charge in [-0.05, 0) is 25.0 Å². The molecule has 17 heavy (non-hydrogen) atoms. The molecule has 0 bridgehead atoms. The SMILES string of the molecule is N#Cc1ccccc1NC(=O)C(=O)NC1CC1. The lowest BCUT2D eigenvalue weighted by Crippen LogP contribution is -2.36. The lowest BCUT2D eigenvalue weighted by molar-refractivity contribution is -0.136. The van der Waals surface area contributed by atoms with Crippen LogP contribution in [0.4, 0.5) is 5.69 Å². The number of rotatable bonds is 2. The van der Waals surface area contributed by atoms with Gasteiger partial charge in [-0.15, -0.1) is 0 Å². The average molecular weight is 229 g/mol. The van der Waals surface area contributed by atoms with Gasteiger partial charge in [-0.3, -0.25) is 9.59 Å². The molecule has 86 valence electrons. The third-order valence-electron chi connectivity index (χ3n) is 2.41. The summed E-state index contributed by atoms with van der Waals surface area (Å²) in [5.41, 5.74) is 0.686. The highest BCUT2D eigenvalue weighted by Gasteiger charge is 2.26. The van der Waals surface area contributed by atoms with E-state index in [2.05, 4.69) is 10.6 Å². The van der Waals surface area contributed by atoms with Crippen molar-refractivity contribution in [3.63, 3.8) is 0 Å². The Kier molecular flexibility index (Phi) is 3.06. The first-order valence-corrected chi connectivity index (χ1v) is 5.31. The Labute approximate surface area is 98.4 Å². The predicted molar refractivity (Wildman–Crippen MR) is 61.0 cm³/mol. The Bertz CT molecular complexity index is 501. The molecule has 0 atom stereocenters. The Morgan fingerprint density at radius 3 is 2.59 bits per heavy atom. The maximum absolute atomic E-state index is 11.5. The van der Waals surface area contributed by atoms with Gasteiger partial charge in [-0.1, -0.05) is 12.1 Å². The molecule has 0 aromatic heterocycles. The minimum absolute atomic E-state index is 0.138. The second-order valence-electron chi connectivity index (χ2n) is 3.86. The summed E-state index contributed by atoms with van der Waals surface area (Å²) < 4.78 is 0. The van der Waals surface area contributed by atoms with Crippen molar-refractivity contribution in [2.75, 3.05) is 5.32 Å². The van der Waals surface area contributed by atoms with Crippen molar-refractivity contribution in [2.24, 2.45) is 0 Å². The van der Waals surface area contributed by atoms with E-state index in [1.807, 2.05) is 6.07 Å². The van der Waals surface area contributed by atoms with Crippen LogP contribution in [0.3, 0.4) is 0 Å². The van der Waals surface area contributed by atoms with Gasteiger partial charge in [0.25, 0.3) is 0 Å². The predicted octanol–water partition coefficient (Wildman–Crippen LogP) is 0.775. The van der Waals surface area contributed by atoms with Crippen LogP contribution in [0.25, 0.3) is 0 Å². The van der Waals surface area contributed by atoms with E-state index in [1.165, 1.54) is 0 Å². The van der Waals surface area contributed by atoms with Crippen molar-refractivity contribution in [1.82, 2.24) is 5.32 Å². The summed E-state index contributed by atoms with van der Waals surface area (Å²) >= 11 is 0. The maximum Gasteiger partial charge on any atom is 0.313 e. The number of anilines is 1. The van der Waals surface area contributed by atoms with Gasteiger partial charge in [0, 0.05) is 6.04 Å². The minimum atomic E-state index is -0.736. The number of carbonyl (C=O) groups excluding carboxylic acids is 2. The van der Waals surface area contributed by atoms with Gasteiger partial charge in [-0.25, -0.2) is 0 Å². The van der Waals surface area contributed by atoms with E-state index in [0.717, 1.165) is 12.8 Å². The second-order valence-corrected chi connectivity index (χ2v) is 3.86. The molecule has 1 aromatic rings. The molecule has 1 aliphatic carbocycles. The number of carbonyl (C=O) groups is 2. The van der Waals surface area contributed by atoms with Crippen LogP contribution < -0.4 is 10.6 Å². The van der Waals surface area contributed by atoms with E-state index in [-0.39, 0.29) is 6.04 Å². The van der Waals surface area contributed by atoms with Gasteiger partial charge < -0.3 is 10.6 Å². The number of hydrogen-bond acceptors (Lipinski definition) is 3. The molecule has 0 unspecified atom stereocenters. The molecule has 5 nitrogen and oxygen atoms in total. The average Bonchev–Trinajstić information content (AvgIpc) is 3.13. The van der Waals surface area contributed by atoms with Gasteiger partial charge in [0.1, 0.15) is 6.07 Å². The fraction of sp³-hybridized carbons (Fsp3) is 0.250. The number of amides is 2. The summed E-state index contributed by atoms with van der Waals surface area (Å²) in [5.74, 6) is -1.39. The van der Waals surface area contributed by atoms with Crippen molar-refractivity contribution in [2.45, 2.75) is 18.9 Å². The van der Waals surface area contributed by atoms with E-state index in [4.69, 9.17) is 5.26 Å². The fourth-order valence-corrected chi connectivity index (χ4v) is 1.35. The van der Waals surface area contributed by atoms with Crippen molar-refractivity contribution in [3.8, 4) is 6.07 Å². The van der Waals surface area contributed by atoms with Crippen LogP contribution in [0.5, 0.6) is 0 Å². The summed E-state index contributed by atoms with van der Waals surface area (Å²) in [7, 11) is 0. The second kappa shape index (κ2) is 4.66. The minimum Gasteiger partial charge on any atom is -0.345 e. The molecule has 1 saturated carbocycles. The van der Waals surface area contributed by atoms with E-state index >= 15 is 0 Å². The molecule has 1 aromatic carbocycles. The summed E-state index contributed by atoms with van der Waals surface area (Å²) in [6, 6.07) is 8.63. The molecule has 5 heteroatoms. The Morgan fingerprint density at radius 2 is 1.94 bits per heavy atom. The highest BCUT2D eigenvalue weighted by molar-refractivity contribution is 6.39. The largest absolute Gasteiger partial charge is 0.345 e. The van der Waals surface area contributed by atoms with Crippen LogP contribution in [0.1, 0.15) is 18.4 Å². The van der Waals surface area contributed by atoms with Crippen molar-refractivity contribution >= 4 is 17.5 Å². The molecular formula is C12H11N3O2. The third-order valence-corrected chi connectivity index (χ3v) is 2.41. The fourth-order valence-electron chi connectivity index (χ4n) is 1.35. The molecule has 0 aliphatic heterocycles. The molecular weight excluding hydrogens is 218 g/mol. The zero-order valence-corrected chi connectivity index (χ0v) is 9.06. The Morgan fingerprint density at radius 1 is 1.24 bits per heavy atom. The van der Waals surface area contributed by atoms with E-state index < -0.39 is 11.8 Å². The molecule has 2 rings (SSSR count). The van der Waals surface area contributed by atoms with Crippen molar-refractivity contribution in [3.05, 3.63) is 29.8 Å². The molecule has 2 N–H and O–H groups in total. The topological polar surface area (TPSA) is 82.0 Å². The van der Waals surface area contributed by atoms with Crippen LogP contribution in [0.15, 0.2) is 24.3 Å². The van der Waals surface area contributed by atoms with Gasteiger partial charge >= 0.3 is 11.8 Å². The smallest absolute Gasteiger partial charge is 0.313 e. The zero-order valence-electron chi connectivity index (χ0n) is 9.06. The molecule has 0 saturated heterocycles. The normalized spacial score (nSPS) is 13.6. The molecule has 1 fully saturated rings. The van der Waals surface area contributed by atoms with E-state index in [1.54, 1.807) is 24.3 Å². The maximum atomic E-state index is 11.5. The first-order chi connectivity index (χ1) is 8.20. The van der Waals surface area contributed by atoms with E-state index in [9.17, 15) is 9.59 Å². The van der Waals surface area contributed by atoms with Crippen molar-refractivity contribution in [1.29, 1.82) is 5.26 Å².